The highest BCUT2D eigenvalue weighted by molar-refractivity contribution is 5.84. The maximum absolute atomic E-state index is 11.5. The molecule has 0 spiro atoms. The van der Waals surface area contributed by atoms with E-state index in [-0.39, 0.29) is 11.9 Å². The van der Waals surface area contributed by atoms with E-state index < -0.39 is 0 Å². The zero-order valence-electron chi connectivity index (χ0n) is 8.45. The summed E-state index contributed by atoms with van der Waals surface area (Å²) in [5.41, 5.74) is 0. The Bertz CT molecular complexity index is 196. The minimum absolute atomic E-state index is 0.215. The molecule has 0 bridgehead atoms. The summed E-state index contributed by atoms with van der Waals surface area (Å²) in [7, 11) is 0. The summed E-state index contributed by atoms with van der Waals surface area (Å²) in [6.07, 6.45) is 2.87. The number of carbonyl (C=O) groups excluding carboxylic acids is 1. The van der Waals surface area contributed by atoms with Gasteiger partial charge in [0.05, 0.1) is 6.61 Å². The smallest absolute Gasteiger partial charge is 0.162 e. The van der Waals surface area contributed by atoms with E-state index >= 15 is 0 Å². The Hall–Kier alpha value is -0.630. The molecule has 0 aromatic heterocycles. The van der Waals surface area contributed by atoms with Gasteiger partial charge in [0.25, 0.3) is 0 Å². The van der Waals surface area contributed by atoms with Crippen LogP contribution in [0.5, 0.6) is 0 Å². The van der Waals surface area contributed by atoms with Gasteiger partial charge in [0.15, 0.2) is 5.78 Å². The van der Waals surface area contributed by atoms with Crippen molar-refractivity contribution in [3.05, 3.63) is 12.7 Å². The molecule has 1 aliphatic heterocycles. The lowest BCUT2D eigenvalue weighted by molar-refractivity contribution is -0.140. The predicted octanol–water partition coefficient (Wildman–Crippen LogP) is 2.19. The van der Waals surface area contributed by atoms with Crippen molar-refractivity contribution in [2.75, 3.05) is 6.61 Å². The highest BCUT2D eigenvalue weighted by atomic mass is 16.5. The first-order chi connectivity index (χ1) is 6.15. The molecule has 0 amide bonds. The summed E-state index contributed by atoms with van der Waals surface area (Å²) in [6, 6.07) is 0. The zero-order chi connectivity index (χ0) is 9.84. The molecular formula is C11H18O2. The van der Waals surface area contributed by atoms with Crippen LogP contribution in [0.2, 0.25) is 0 Å². The van der Waals surface area contributed by atoms with Crippen molar-refractivity contribution in [2.24, 2.45) is 11.8 Å². The lowest BCUT2D eigenvalue weighted by Crippen LogP contribution is -2.36. The fourth-order valence-electron chi connectivity index (χ4n) is 1.56. The van der Waals surface area contributed by atoms with E-state index in [1.807, 2.05) is 0 Å². The summed E-state index contributed by atoms with van der Waals surface area (Å²) in [4.78, 5) is 11.5. The Labute approximate surface area is 80.0 Å². The number of carbonyl (C=O) groups is 1. The van der Waals surface area contributed by atoms with Crippen molar-refractivity contribution in [3.8, 4) is 0 Å². The summed E-state index contributed by atoms with van der Waals surface area (Å²) in [5, 5.41) is 0. The fraction of sp³-hybridized carbons (Fsp3) is 0.727. The summed E-state index contributed by atoms with van der Waals surface area (Å²) < 4.78 is 5.48. The van der Waals surface area contributed by atoms with Gasteiger partial charge in [0, 0.05) is 6.42 Å². The van der Waals surface area contributed by atoms with Crippen molar-refractivity contribution in [2.45, 2.75) is 32.8 Å². The molecule has 0 unspecified atom stereocenters. The van der Waals surface area contributed by atoms with Crippen molar-refractivity contribution < 1.29 is 9.53 Å². The summed E-state index contributed by atoms with van der Waals surface area (Å²) in [5.74, 6) is 1.19. The minimum atomic E-state index is -0.215. The molecule has 1 rings (SSSR count). The Morgan fingerprint density at radius 2 is 2.38 bits per heavy atom. The number of ether oxygens (including phenoxy) is 1. The molecule has 2 atom stereocenters. The lowest BCUT2D eigenvalue weighted by Gasteiger charge is -2.29. The van der Waals surface area contributed by atoms with Gasteiger partial charge >= 0.3 is 0 Å². The van der Waals surface area contributed by atoms with Crippen LogP contribution in [0.4, 0.5) is 0 Å². The molecule has 0 aliphatic carbocycles. The van der Waals surface area contributed by atoms with E-state index in [1.165, 1.54) is 0 Å². The number of Topliss-reactive ketones (excluding diaryl/α,β-unsaturated/α-hetero) is 1. The predicted molar refractivity (Wildman–Crippen MR) is 52.5 cm³/mol. The van der Waals surface area contributed by atoms with Crippen LogP contribution in [0, 0.1) is 11.8 Å². The quantitative estimate of drug-likeness (QED) is 0.625. The number of ketones is 1. The van der Waals surface area contributed by atoms with Gasteiger partial charge in [0.1, 0.15) is 6.10 Å². The number of hydrogen-bond donors (Lipinski definition) is 0. The molecule has 0 radical (unpaired) electrons. The second-order valence-corrected chi connectivity index (χ2v) is 4.02. The van der Waals surface area contributed by atoms with Gasteiger partial charge in [-0.05, 0) is 18.3 Å². The average Bonchev–Trinajstić information content (AvgIpc) is 2.08. The number of hydrogen-bond acceptors (Lipinski definition) is 2. The topological polar surface area (TPSA) is 26.3 Å². The molecule has 1 saturated heterocycles. The van der Waals surface area contributed by atoms with Gasteiger partial charge in [0.2, 0.25) is 0 Å². The van der Waals surface area contributed by atoms with Crippen LogP contribution in [-0.4, -0.2) is 18.5 Å². The highest BCUT2D eigenvalue weighted by Crippen LogP contribution is 2.24. The van der Waals surface area contributed by atoms with Gasteiger partial charge in [-0.25, -0.2) is 0 Å². The lowest BCUT2D eigenvalue weighted by atomic mass is 9.87. The van der Waals surface area contributed by atoms with Gasteiger partial charge in [-0.1, -0.05) is 19.9 Å². The SMILES string of the molecule is C=CC[C@@H]1OC[C@H](C(C)C)CC1=O. The van der Waals surface area contributed by atoms with E-state index in [0.29, 0.717) is 24.7 Å². The molecule has 2 heteroatoms. The fourth-order valence-corrected chi connectivity index (χ4v) is 1.56. The third-order valence-electron chi connectivity index (χ3n) is 2.66. The highest BCUT2D eigenvalue weighted by Gasteiger charge is 2.29. The molecule has 0 N–H and O–H groups in total. The Morgan fingerprint density at radius 3 is 2.85 bits per heavy atom. The van der Waals surface area contributed by atoms with Crippen molar-refractivity contribution >= 4 is 5.78 Å². The van der Waals surface area contributed by atoms with Crippen LogP contribution in [0.25, 0.3) is 0 Å². The Morgan fingerprint density at radius 1 is 1.69 bits per heavy atom. The van der Waals surface area contributed by atoms with Gasteiger partial charge in [-0.15, -0.1) is 6.58 Å². The first kappa shape index (κ1) is 10.5. The monoisotopic (exact) mass is 182 g/mol. The van der Waals surface area contributed by atoms with Gasteiger partial charge < -0.3 is 4.74 Å². The normalized spacial score (nSPS) is 29.3. The molecule has 13 heavy (non-hydrogen) atoms. The van der Waals surface area contributed by atoms with Crippen LogP contribution in [-0.2, 0) is 9.53 Å². The molecule has 0 aromatic rings. The van der Waals surface area contributed by atoms with E-state index in [1.54, 1.807) is 6.08 Å². The first-order valence-corrected chi connectivity index (χ1v) is 4.90. The molecule has 0 aromatic carbocycles. The molecule has 1 aliphatic rings. The third-order valence-corrected chi connectivity index (χ3v) is 2.66. The van der Waals surface area contributed by atoms with E-state index in [4.69, 9.17) is 4.74 Å². The van der Waals surface area contributed by atoms with Crippen LogP contribution in [0.1, 0.15) is 26.7 Å². The first-order valence-electron chi connectivity index (χ1n) is 4.90. The van der Waals surface area contributed by atoms with Gasteiger partial charge in [-0.2, -0.15) is 0 Å². The van der Waals surface area contributed by atoms with E-state index in [0.717, 1.165) is 6.61 Å². The zero-order valence-corrected chi connectivity index (χ0v) is 8.45. The summed E-state index contributed by atoms with van der Waals surface area (Å²) >= 11 is 0. The Kier molecular flexibility index (Phi) is 3.67. The van der Waals surface area contributed by atoms with Crippen LogP contribution < -0.4 is 0 Å². The van der Waals surface area contributed by atoms with Crippen molar-refractivity contribution in [3.63, 3.8) is 0 Å². The standard InChI is InChI=1S/C11H18O2/c1-4-5-11-10(12)6-9(7-13-11)8(2)3/h4,8-9,11H,1,5-7H2,2-3H3/t9-,11+/m1/s1. The van der Waals surface area contributed by atoms with Gasteiger partial charge in [-0.3, -0.25) is 4.79 Å². The largest absolute Gasteiger partial charge is 0.370 e. The molecule has 0 saturated carbocycles. The van der Waals surface area contributed by atoms with E-state index in [2.05, 4.69) is 20.4 Å². The Balaban J connectivity index is 2.46. The molecule has 1 fully saturated rings. The van der Waals surface area contributed by atoms with Crippen LogP contribution in [0.3, 0.4) is 0 Å². The second-order valence-electron chi connectivity index (χ2n) is 4.02. The van der Waals surface area contributed by atoms with Crippen LogP contribution >= 0.6 is 0 Å². The molecule has 1 heterocycles. The molecular weight excluding hydrogens is 164 g/mol. The molecule has 74 valence electrons. The van der Waals surface area contributed by atoms with E-state index in [9.17, 15) is 4.79 Å². The minimum Gasteiger partial charge on any atom is -0.370 e. The maximum Gasteiger partial charge on any atom is 0.162 e. The average molecular weight is 182 g/mol. The second kappa shape index (κ2) is 4.56. The summed E-state index contributed by atoms with van der Waals surface area (Å²) in [6.45, 7) is 8.60. The number of rotatable bonds is 3. The van der Waals surface area contributed by atoms with Crippen molar-refractivity contribution in [1.29, 1.82) is 0 Å². The molecule has 2 nitrogen and oxygen atoms in total. The maximum atomic E-state index is 11.5. The van der Waals surface area contributed by atoms with Crippen LogP contribution in [0.15, 0.2) is 12.7 Å². The van der Waals surface area contributed by atoms with Crippen molar-refractivity contribution in [1.82, 2.24) is 0 Å². The third kappa shape index (κ3) is 2.66.